The zero-order valence-corrected chi connectivity index (χ0v) is 12.9. The van der Waals surface area contributed by atoms with Gasteiger partial charge in [0.15, 0.2) is 0 Å². The van der Waals surface area contributed by atoms with E-state index in [-0.39, 0.29) is 24.5 Å². The highest BCUT2D eigenvalue weighted by molar-refractivity contribution is 5.80. The van der Waals surface area contributed by atoms with Crippen molar-refractivity contribution in [3.05, 3.63) is 35.9 Å². The molecule has 0 saturated carbocycles. The number of nitrogens with one attached hydrogen (secondary N) is 1. The maximum Gasteiger partial charge on any atom is 0.323 e. The summed E-state index contributed by atoms with van der Waals surface area (Å²) in [5.41, 5.74) is 1.02. The highest BCUT2D eigenvalue weighted by Gasteiger charge is 2.20. The molecule has 5 nitrogen and oxygen atoms in total. The van der Waals surface area contributed by atoms with Crippen molar-refractivity contribution in [2.45, 2.75) is 33.2 Å². The summed E-state index contributed by atoms with van der Waals surface area (Å²) >= 11 is 0. The molecule has 1 unspecified atom stereocenters. The molecule has 0 radical (unpaired) electrons. The summed E-state index contributed by atoms with van der Waals surface area (Å²) in [6.07, 6.45) is 0.748. The summed E-state index contributed by atoms with van der Waals surface area (Å²) in [6, 6.07) is 9.24. The molecule has 1 aromatic carbocycles. The molecule has 1 aromatic rings. The fraction of sp³-hybridized carbons (Fsp3) is 0.500. The van der Waals surface area contributed by atoms with Crippen LogP contribution in [0, 0.1) is 5.92 Å². The topological polar surface area (TPSA) is 69.6 Å². The smallest absolute Gasteiger partial charge is 0.323 e. The van der Waals surface area contributed by atoms with E-state index < -0.39 is 5.97 Å². The van der Waals surface area contributed by atoms with Crippen LogP contribution in [0.3, 0.4) is 0 Å². The Hall–Kier alpha value is -2.04. The second-order valence-corrected chi connectivity index (χ2v) is 5.49. The Morgan fingerprint density at radius 3 is 2.33 bits per heavy atom. The number of hydrogen-bond donors (Lipinski definition) is 2. The molecule has 1 rings (SSSR count). The van der Waals surface area contributed by atoms with Crippen LogP contribution < -0.4 is 5.32 Å². The van der Waals surface area contributed by atoms with Crippen molar-refractivity contribution in [3.63, 3.8) is 0 Å². The van der Waals surface area contributed by atoms with E-state index in [9.17, 15) is 9.59 Å². The SMILES string of the molecule is CCC(NC(=O)N(CC(=O)O)CC(C)C)c1ccccc1. The van der Waals surface area contributed by atoms with Crippen molar-refractivity contribution in [2.24, 2.45) is 5.92 Å². The monoisotopic (exact) mass is 292 g/mol. The molecular weight excluding hydrogens is 268 g/mol. The average molecular weight is 292 g/mol. The van der Waals surface area contributed by atoms with Gasteiger partial charge in [-0.3, -0.25) is 4.79 Å². The lowest BCUT2D eigenvalue weighted by molar-refractivity contribution is -0.137. The first-order valence-electron chi connectivity index (χ1n) is 7.26. The third-order valence-electron chi connectivity index (χ3n) is 3.11. The van der Waals surface area contributed by atoms with E-state index in [4.69, 9.17) is 5.11 Å². The number of rotatable bonds is 7. The molecule has 0 heterocycles. The standard InChI is InChI=1S/C16H24N2O3/c1-4-14(13-8-6-5-7-9-13)17-16(21)18(10-12(2)3)11-15(19)20/h5-9,12,14H,4,10-11H2,1-3H3,(H,17,21)(H,19,20). The quantitative estimate of drug-likeness (QED) is 0.812. The Balaban J connectivity index is 2.76. The minimum Gasteiger partial charge on any atom is -0.480 e. The summed E-state index contributed by atoms with van der Waals surface area (Å²) in [7, 11) is 0. The summed E-state index contributed by atoms with van der Waals surface area (Å²) in [5, 5.41) is 11.8. The van der Waals surface area contributed by atoms with Crippen LogP contribution in [-0.4, -0.2) is 35.1 Å². The third-order valence-corrected chi connectivity index (χ3v) is 3.11. The summed E-state index contributed by atoms with van der Waals surface area (Å²) in [5.74, 6) is -0.787. The van der Waals surface area contributed by atoms with E-state index in [0.29, 0.717) is 6.54 Å². The van der Waals surface area contributed by atoms with Gasteiger partial charge in [0.25, 0.3) is 0 Å². The lowest BCUT2D eigenvalue weighted by Crippen LogP contribution is -2.45. The van der Waals surface area contributed by atoms with Gasteiger partial charge in [-0.25, -0.2) is 4.79 Å². The normalized spacial score (nSPS) is 12.0. The molecule has 0 aliphatic carbocycles. The molecule has 2 N–H and O–H groups in total. The van der Waals surface area contributed by atoms with Crippen molar-refractivity contribution in [3.8, 4) is 0 Å². The molecule has 21 heavy (non-hydrogen) atoms. The van der Waals surface area contributed by atoms with Crippen molar-refractivity contribution < 1.29 is 14.7 Å². The predicted octanol–water partition coefficient (Wildman–Crippen LogP) is 2.89. The Kier molecular flexibility index (Phi) is 6.72. The Morgan fingerprint density at radius 2 is 1.86 bits per heavy atom. The van der Waals surface area contributed by atoms with Crippen LogP contribution in [0.15, 0.2) is 30.3 Å². The Labute approximate surface area is 126 Å². The average Bonchev–Trinajstić information content (AvgIpc) is 2.43. The van der Waals surface area contributed by atoms with Crippen LogP contribution in [0.4, 0.5) is 4.79 Å². The van der Waals surface area contributed by atoms with Gasteiger partial charge in [0.2, 0.25) is 0 Å². The van der Waals surface area contributed by atoms with Gasteiger partial charge in [-0.15, -0.1) is 0 Å². The maximum absolute atomic E-state index is 12.3. The third kappa shape index (κ3) is 5.85. The first-order valence-corrected chi connectivity index (χ1v) is 7.26. The fourth-order valence-corrected chi connectivity index (χ4v) is 2.17. The van der Waals surface area contributed by atoms with E-state index in [1.54, 1.807) is 0 Å². The van der Waals surface area contributed by atoms with Crippen molar-refractivity contribution in [1.82, 2.24) is 10.2 Å². The van der Waals surface area contributed by atoms with E-state index in [2.05, 4.69) is 5.32 Å². The molecule has 116 valence electrons. The Bertz CT molecular complexity index is 460. The number of carbonyl (C=O) groups excluding carboxylic acids is 1. The van der Waals surface area contributed by atoms with Gasteiger partial charge in [0.05, 0.1) is 6.04 Å². The molecule has 0 saturated heterocycles. The number of amides is 2. The van der Waals surface area contributed by atoms with Gasteiger partial charge in [-0.05, 0) is 17.9 Å². The summed E-state index contributed by atoms with van der Waals surface area (Å²) in [6.45, 7) is 6.04. The minimum atomic E-state index is -1.00. The number of nitrogens with zero attached hydrogens (tertiary/aromatic N) is 1. The molecular formula is C16H24N2O3. The predicted molar refractivity (Wildman–Crippen MR) is 82.1 cm³/mol. The van der Waals surface area contributed by atoms with Gasteiger partial charge in [0, 0.05) is 6.54 Å². The number of carboxylic acid groups (broad SMARTS) is 1. The molecule has 2 amide bonds. The second-order valence-electron chi connectivity index (χ2n) is 5.49. The zero-order chi connectivity index (χ0) is 15.8. The van der Waals surface area contributed by atoms with Gasteiger partial charge in [-0.1, -0.05) is 51.1 Å². The number of aliphatic carboxylic acids is 1. The van der Waals surface area contributed by atoms with Gasteiger partial charge in [0.1, 0.15) is 6.54 Å². The van der Waals surface area contributed by atoms with Crippen LogP contribution in [0.5, 0.6) is 0 Å². The van der Waals surface area contributed by atoms with Crippen molar-refractivity contribution in [2.75, 3.05) is 13.1 Å². The van der Waals surface area contributed by atoms with Crippen LogP contribution >= 0.6 is 0 Å². The van der Waals surface area contributed by atoms with E-state index in [1.165, 1.54) is 4.90 Å². The largest absolute Gasteiger partial charge is 0.480 e. The van der Waals surface area contributed by atoms with E-state index >= 15 is 0 Å². The second kappa shape index (κ2) is 8.29. The molecule has 0 aliphatic heterocycles. The van der Waals surface area contributed by atoms with Crippen LogP contribution in [0.1, 0.15) is 38.8 Å². The first kappa shape index (κ1) is 17.0. The molecule has 5 heteroatoms. The van der Waals surface area contributed by atoms with Crippen molar-refractivity contribution in [1.29, 1.82) is 0 Å². The maximum atomic E-state index is 12.3. The zero-order valence-electron chi connectivity index (χ0n) is 12.9. The molecule has 0 bridgehead atoms. The number of carbonyl (C=O) groups is 2. The van der Waals surface area contributed by atoms with Crippen LogP contribution in [0.2, 0.25) is 0 Å². The summed E-state index contributed by atoms with van der Waals surface area (Å²) < 4.78 is 0. The van der Waals surface area contributed by atoms with Crippen molar-refractivity contribution >= 4 is 12.0 Å². The lowest BCUT2D eigenvalue weighted by Gasteiger charge is -2.26. The minimum absolute atomic E-state index is 0.109. The number of hydrogen-bond acceptors (Lipinski definition) is 2. The molecule has 0 aliphatic rings. The lowest BCUT2D eigenvalue weighted by atomic mass is 10.1. The molecule has 0 fully saturated rings. The first-order chi connectivity index (χ1) is 9.93. The van der Waals surface area contributed by atoms with Crippen LogP contribution in [-0.2, 0) is 4.79 Å². The summed E-state index contributed by atoms with van der Waals surface area (Å²) in [4.78, 5) is 24.6. The number of benzene rings is 1. The van der Waals surface area contributed by atoms with Gasteiger partial charge >= 0.3 is 12.0 Å². The van der Waals surface area contributed by atoms with E-state index in [0.717, 1.165) is 12.0 Å². The highest BCUT2D eigenvalue weighted by atomic mass is 16.4. The van der Waals surface area contributed by atoms with Gasteiger partial charge < -0.3 is 15.3 Å². The van der Waals surface area contributed by atoms with Crippen LogP contribution in [0.25, 0.3) is 0 Å². The Morgan fingerprint density at radius 1 is 1.24 bits per heavy atom. The molecule has 1 atom stereocenters. The number of carboxylic acids is 1. The molecule has 0 aromatic heterocycles. The fourth-order valence-electron chi connectivity index (χ4n) is 2.17. The molecule has 0 spiro atoms. The number of urea groups is 1. The van der Waals surface area contributed by atoms with E-state index in [1.807, 2.05) is 51.1 Å². The highest BCUT2D eigenvalue weighted by Crippen LogP contribution is 2.16. The van der Waals surface area contributed by atoms with Gasteiger partial charge in [-0.2, -0.15) is 0 Å².